The number of carbonyl (C=O) groups is 2. The highest BCUT2D eigenvalue weighted by Gasteiger charge is 2.50. The molecule has 3 N–H and O–H groups in total. The van der Waals surface area contributed by atoms with E-state index in [4.69, 9.17) is 26.8 Å². The van der Waals surface area contributed by atoms with Gasteiger partial charge in [-0.1, -0.05) is 24.3 Å². The van der Waals surface area contributed by atoms with Crippen molar-refractivity contribution in [3.8, 4) is 0 Å². The van der Waals surface area contributed by atoms with Crippen LogP contribution in [0, 0.1) is 0 Å². The second-order valence-corrected chi connectivity index (χ2v) is 16.7. The minimum absolute atomic E-state index is 0.0656. The van der Waals surface area contributed by atoms with E-state index in [1.54, 1.807) is 35.5 Å². The van der Waals surface area contributed by atoms with Crippen LogP contribution in [0.5, 0.6) is 0 Å². The van der Waals surface area contributed by atoms with E-state index in [1.165, 1.54) is 0 Å². The molecule has 1 aromatic heterocycles. The van der Waals surface area contributed by atoms with Gasteiger partial charge in [0.25, 0.3) is 21.8 Å². The molecular weight excluding hydrogens is 647 g/mol. The number of hydrogen-bond acceptors (Lipinski definition) is 8. The average Bonchev–Trinajstić information content (AvgIpc) is 3.54. The summed E-state index contributed by atoms with van der Waals surface area (Å²) in [6, 6.07) is 16.8. The Hall–Kier alpha value is -3.10. The molecule has 0 saturated carbocycles. The molecule has 0 bridgehead atoms. The third-order valence-corrected chi connectivity index (χ3v) is 11.0. The quantitative estimate of drug-likeness (QED) is 0.206. The lowest BCUT2D eigenvalue weighted by Gasteiger charge is -2.37. The standard InChI is InChI=1S/C29H38Cl2N6O5S2/c1-35-25-11-7-6-10-24(25)34-29(35,28(39)33-23-9-5-8-12-26(23)36(18-15-30)19-16-31)37-17-13-22(21-37)32-27(38)14-20-43(2,3)42-44(4,40)41/h5-13,17,21,34H,14-16,18-20H2,1-4H3,(H,32,38)(H,33,39). The van der Waals surface area contributed by atoms with E-state index < -0.39 is 26.2 Å². The van der Waals surface area contributed by atoms with Crippen molar-refractivity contribution in [2.24, 2.45) is 0 Å². The summed E-state index contributed by atoms with van der Waals surface area (Å²) in [6.45, 7) is 1.10. The highest BCUT2D eigenvalue weighted by Crippen LogP contribution is 2.44. The van der Waals surface area contributed by atoms with E-state index >= 15 is 0 Å². The topological polar surface area (TPSA) is 125 Å². The van der Waals surface area contributed by atoms with E-state index in [0.29, 0.717) is 36.2 Å². The van der Waals surface area contributed by atoms with E-state index in [9.17, 15) is 18.0 Å². The molecule has 0 fully saturated rings. The van der Waals surface area contributed by atoms with E-state index in [0.717, 1.165) is 23.3 Å². The van der Waals surface area contributed by atoms with Gasteiger partial charge in [0, 0.05) is 56.5 Å². The molecule has 11 nitrogen and oxygen atoms in total. The first-order valence-electron chi connectivity index (χ1n) is 13.8. The normalized spacial score (nSPS) is 16.6. The van der Waals surface area contributed by atoms with Gasteiger partial charge in [-0.15, -0.1) is 33.5 Å². The summed E-state index contributed by atoms with van der Waals surface area (Å²) in [5, 5.41) is 9.38. The highest BCUT2D eigenvalue weighted by atomic mass is 35.5. The van der Waals surface area contributed by atoms with Crippen LogP contribution in [0.1, 0.15) is 6.42 Å². The van der Waals surface area contributed by atoms with Gasteiger partial charge in [-0.2, -0.15) is 8.42 Å². The van der Waals surface area contributed by atoms with Crippen LogP contribution < -0.4 is 25.8 Å². The first-order chi connectivity index (χ1) is 20.8. The molecule has 44 heavy (non-hydrogen) atoms. The molecule has 2 amide bonds. The Morgan fingerprint density at radius 1 is 0.977 bits per heavy atom. The first kappa shape index (κ1) is 33.8. The van der Waals surface area contributed by atoms with Crippen molar-refractivity contribution >= 4 is 83.9 Å². The van der Waals surface area contributed by atoms with Crippen molar-refractivity contribution in [1.29, 1.82) is 0 Å². The number of amides is 2. The van der Waals surface area contributed by atoms with Gasteiger partial charge in [0.1, 0.15) is 0 Å². The van der Waals surface area contributed by atoms with Gasteiger partial charge in [-0.25, -0.2) is 3.63 Å². The highest BCUT2D eigenvalue weighted by molar-refractivity contribution is 8.31. The lowest BCUT2D eigenvalue weighted by Crippen LogP contribution is -2.59. The lowest BCUT2D eigenvalue weighted by molar-refractivity contribution is -0.123. The van der Waals surface area contributed by atoms with Crippen LogP contribution in [0.4, 0.5) is 28.4 Å². The fourth-order valence-corrected chi connectivity index (χ4v) is 9.14. The Balaban J connectivity index is 1.61. The predicted molar refractivity (Wildman–Crippen MR) is 183 cm³/mol. The van der Waals surface area contributed by atoms with E-state index in [1.807, 2.05) is 65.4 Å². The SMILES string of the molecule is CN1c2ccccc2NC1(C(=O)Nc1ccccc1N(CCCl)CCCl)n1ccc(NC(=O)CCS(C)(C)OS(C)(=O)=O)c1. The summed E-state index contributed by atoms with van der Waals surface area (Å²) >= 11 is 12.1. The molecule has 0 radical (unpaired) electrons. The monoisotopic (exact) mass is 684 g/mol. The molecule has 1 aliphatic heterocycles. The van der Waals surface area contributed by atoms with Gasteiger partial charge in [0.2, 0.25) is 5.91 Å². The van der Waals surface area contributed by atoms with Crippen LogP contribution in [0.3, 0.4) is 0 Å². The number of rotatable bonds is 14. The molecule has 1 aliphatic rings. The number of para-hydroxylation sites is 4. The number of aromatic nitrogens is 1. The number of fused-ring (bicyclic) bond motifs is 1. The van der Waals surface area contributed by atoms with Crippen LogP contribution in [0.15, 0.2) is 67.0 Å². The Kier molecular flexibility index (Phi) is 10.7. The minimum atomic E-state index is -3.64. The van der Waals surface area contributed by atoms with E-state index in [-0.39, 0.29) is 24.0 Å². The molecule has 1 unspecified atom stereocenters. The van der Waals surface area contributed by atoms with Gasteiger partial charge >= 0.3 is 0 Å². The van der Waals surface area contributed by atoms with Crippen LogP contribution >= 0.6 is 33.5 Å². The number of alkyl halides is 2. The maximum Gasteiger partial charge on any atom is 0.293 e. The Morgan fingerprint density at radius 2 is 1.64 bits per heavy atom. The fourth-order valence-electron chi connectivity index (χ4n) is 5.11. The molecule has 0 spiro atoms. The Morgan fingerprint density at radius 3 is 2.30 bits per heavy atom. The number of likely N-dealkylation sites (N-methyl/N-ethyl adjacent to an activating group) is 1. The van der Waals surface area contributed by atoms with Gasteiger partial charge in [-0.3, -0.25) is 9.59 Å². The summed E-state index contributed by atoms with van der Waals surface area (Å²) in [7, 11) is -3.80. The van der Waals surface area contributed by atoms with Crippen LogP contribution in [-0.4, -0.2) is 81.2 Å². The Labute approximate surface area is 270 Å². The van der Waals surface area contributed by atoms with Crippen molar-refractivity contribution in [1.82, 2.24) is 4.57 Å². The van der Waals surface area contributed by atoms with Gasteiger partial charge in [0.05, 0.1) is 34.7 Å². The zero-order chi connectivity index (χ0) is 32.1. The van der Waals surface area contributed by atoms with Crippen LogP contribution in [0.2, 0.25) is 0 Å². The molecule has 0 saturated heterocycles. The second kappa shape index (κ2) is 13.9. The molecule has 3 aromatic rings. The molecule has 240 valence electrons. The third kappa shape index (κ3) is 7.75. The van der Waals surface area contributed by atoms with Gasteiger partial charge in [-0.05, 0) is 42.8 Å². The summed E-state index contributed by atoms with van der Waals surface area (Å²) in [4.78, 5) is 31.1. The summed E-state index contributed by atoms with van der Waals surface area (Å²) in [5.74, 6) is -1.05. The van der Waals surface area contributed by atoms with Gasteiger partial charge < -0.3 is 30.3 Å². The largest absolute Gasteiger partial charge is 0.367 e. The van der Waals surface area contributed by atoms with Crippen molar-refractivity contribution in [3.63, 3.8) is 0 Å². The van der Waals surface area contributed by atoms with Crippen molar-refractivity contribution in [2.45, 2.75) is 12.2 Å². The molecular formula is C29H38Cl2N6O5S2. The van der Waals surface area contributed by atoms with Crippen LogP contribution in [-0.2, 0) is 29.1 Å². The maximum absolute atomic E-state index is 14.4. The summed E-state index contributed by atoms with van der Waals surface area (Å²) < 4.78 is 30.0. The molecule has 1 atom stereocenters. The zero-order valence-electron chi connectivity index (χ0n) is 25.0. The lowest BCUT2D eigenvalue weighted by atomic mass is 10.2. The minimum Gasteiger partial charge on any atom is -0.367 e. The number of benzene rings is 2. The smallest absolute Gasteiger partial charge is 0.293 e. The van der Waals surface area contributed by atoms with Crippen molar-refractivity contribution in [2.75, 3.05) is 82.2 Å². The van der Waals surface area contributed by atoms with Crippen LogP contribution in [0.25, 0.3) is 0 Å². The Bertz CT molecular complexity index is 1600. The maximum atomic E-state index is 14.4. The fraction of sp³-hybridized carbons (Fsp3) is 0.379. The molecule has 0 aliphatic carbocycles. The average molecular weight is 686 g/mol. The van der Waals surface area contributed by atoms with Crippen molar-refractivity contribution < 1.29 is 21.6 Å². The second-order valence-electron chi connectivity index (χ2n) is 10.7. The van der Waals surface area contributed by atoms with E-state index in [2.05, 4.69) is 16.0 Å². The van der Waals surface area contributed by atoms with Crippen molar-refractivity contribution in [3.05, 3.63) is 67.0 Å². The zero-order valence-corrected chi connectivity index (χ0v) is 28.2. The number of halogens is 2. The molecule has 4 rings (SSSR count). The molecule has 15 heteroatoms. The summed E-state index contributed by atoms with van der Waals surface area (Å²) in [5.41, 5.74) is 3.44. The number of nitrogens with zero attached hydrogens (tertiary/aromatic N) is 3. The third-order valence-electron chi connectivity index (χ3n) is 7.06. The van der Waals surface area contributed by atoms with Gasteiger partial charge in [0.15, 0.2) is 0 Å². The summed E-state index contributed by atoms with van der Waals surface area (Å²) in [6.07, 6.45) is 7.85. The predicted octanol–water partition coefficient (Wildman–Crippen LogP) is 4.87. The number of nitrogens with one attached hydrogen (secondary N) is 3. The number of anilines is 5. The molecule has 2 aromatic carbocycles. The molecule has 2 heterocycles. The first-order valence-corrected chi connectivity index (χ1v) is 19.2. The number of carbonyl (C=O) groups excluding carboxylic acids is 2. The number of hydrogen-bond donors (Lipinski definition) is 3.